The number of benzene rings is 2. The average Bonchev–Trinajstić information content (AvgIpc) is 2.73. The molecule has 0 saturated heterocycles. The van der Waals surface area contributed by atoms with Gasteiger partial charge >= 0.3 is 35.9 Å². The van der Waals surface area contributed by atoms with Crippen molar-refractivity contribution in [2.45, 2.75) is 35.9 Å². The molecule has 2 atom stereocenters. The van der Waals surface area contributed by atoms with Crippen LogP contribution in [0.4, 0.5) is 64.1 Å². The number of alkyl halides is 12. The van der Waals surface area contributed by atoms with Gasteiger partial charge in [0.05, 0.1) is 21.4 Å². The Balaban J connectivity index is 2.90. The normalized spacial score (nSPS) is 16.8. The largest absolute Gasteiger partial charge is 0.506 e. The molecule has 0 aliphatic carbocycles. The topological polar surface area (TPSA) is 102 Å². The second-order valence-corrected chi connectivity index (χ2v) is 7.91. The smallest absolute Gasteiger partial charge is 0.455 e. The minimum Gasteiger partial charge on any atom is -0.506 e. The van der Waals surface area contributed by atoms with Gasteiger partial charge in [-0.25, -0.2) is 0 Å². The Hall–Kier alpha value is -2.66. The standard InChI is InChI=1S/C18H10Cl2F12N2O3/c19-9-5(1-3-7(35)11(9)33)13(21,22)15(25,17(27,28)29)37-16(26,18(30,31)32)14(23,24)6-2-4-8(36)12(34)10(6)20/h1-4,35-36H,33-34H2. The van der Waals surface area contributed by atoms with Crippen LogP contribution in [-0.4, -0.2) is 34.3 Å². The Bertz CT molecular complexity index is 1120. The van der Waals surface area contributed by atoms with Gasteiger partial charge in [0.2, 0.25) is 0 Å². The van der Waals surface area contributed by atoms with Crippen LogP contribution in [0.1, 0.15) is 11.1 Å². The lowest BCUT2D eigenvalue weighted by molar-refractivity contribution is -0.505. The molecule has 0 aliphatic heterocycles. The van der Waals surface area contributed by atoms with Crippen molar-refractivity contribution in [3.63, 3.8) is 0 Å². The van der Waals surface area contributed by atoms with Gasteiger partial charge in [0.25, 0.3) is 0 Å². The molecule has 0 radical (unpaired) electrons. The maximum atomic E-state index is 15.1. The highest BCUT2D eigenvalue weighted by Gasteiger charge is 2.84. The molecule has 2 rings (SSSR count). The predicted molar refractivity (Wildman–Crippen MR) is 104 cm³/mol. The molecule has 0 amide bonds. The highest BCUT2D eigenvalue weighted by atomic mass is 35.5. The Labute approximate surface area is 207 Å². The number of anilines is 2. The molecule has 2 aromatic carbocycles. The van der Waals surface area contributed by atoms with E-state index in [1.54, 1.807) is 0 Å². The van der Waals surface area contributed by atoms with E-state index < -0.39 is 80.0 Å². The van der Waals surface area contributed by atoms with Crippen LogP contribution in [0.15, 0.2) is 24.3 Å². The van der Waals surface area contributed by atoms with E-state index in [4.69, 9.17) is 34.7 Å². The number of phenolic OH excluding ortho intramolecular Hbond substituents is 2. The molecule has 2 aromatic rings. The van der Waals surface area contributed by atoms with Crippen LogP contribution < -0.4 is 11.5 Å². The first-order chi connectivity index (χ1) is 16.4. The zero-order valence-corrected chi connectivity index (χ0v) is 18.6. The number of phenols is 2. The van der Waals surface area contributed by atoms with Crippen molar-refractivity contribution < 1.29 is 67.6 Å². The Kier molecular flexibility index (Phi) is 7.41. The molecule has 0 bridgehead atoms. The first-order valence-corrected chi connectivity index (χ1v) is 9.66. The number of hydrogen-bond acceptors (Lipinski definition) is 5. The Morgan fingerprint density at radius 2 is 0.838 bits per heavy atom. The molecule has 0 heterocycles. The number of ether oxygens (including phenoxy) is 1. The molecule has 0 fully saturated rings. The lowest BCUT2D eigenvalue weighted by atomic mass is 9.96. The number of aromatic hydroxyl groups is 2. The molecule has 0 aliphatic rings. The first-order valence-electron chi connectivity index (χ1n) is 8.90. The van der Waals surface area contributed by atoms with Gasteiger partial charge in [0.1, 0.15) is 11.5 Å². The second kappa shape index (κ2) is 8.97. The van der Waals surface area contributed by atoms with Gasteiger partial charge in [-0.15, -0.1) is 0 Å². The highest BCUT2D eigenvalue weighted by Crippen LogP contribution is 2.61. The number of nitrogens with two attached hydrogens (primary N) is 2. The average molecular weight is 601 g/mol. The third-order valence-electron chi connectivity index (χ3n) is 4.81. The predicted octanol–water partition coefficient (Wildman–Crippen LogP) is 6.93. The van der Waals surface area contributed by atoms with E-state index in [1.165, 1.54) is 0 Å². The van der Waals surface area contributed by atoms with E-state index in [1.807, 2.05) is 0 Å². The van der Waals surface area contributed by atoms with Crippen molar-refractivity contribution >= 4 is 34.6 Å². The molecule has 6 N–H and O–H groups in total. The van der Waals surface area contributed by atoms with Crippen LogP contribution in [0.3, 0.4) is 0 Å². The van der Waals surface area contributed by atoms with Gasteiger partial charge in [-0.1, -0.05) is 23.2 Å². The fraction of sp³-hybridized carbons (Fsp3) is 0.333. The molecule has 208 valence electrons. The summed E-state index contributed by atoms with van der Waals surface area (Å²) in [6.07, 6.45) is -14.7. The van der Waals surface area contributed by atoms with Gasteiger partial charge in [-0.3, -0.25) is 4.74 Å². The van der Waals surface area contributed by atoms with Crippen LogP contribution in [0.2, 0.25) is 10.0 Å². The van der Waals surface area contributed by atoms with Crippen molar-refractivity contribution in [3.8, 4) is 11.5 Å². The number of halogens is 14. The van der Waals surface area contributed by atoms with E-state index in [-0.39, 0.29) is 24.3 Å². The fourth-order valence-corrected chi connectivity index (χ4v) is 3.35. The second-order valence-electron chi connectivity index (χ2n) is 7.16. The van der Waals surface area contributed by atoms with Crippen molar-refractivity contribution in [1.29, 1.82) is 0 Å². The van der Waals surface area contributed by atoms with Crippen molar-refractivity contribution in [3.05, 3.63) is 45.4 Å². The number of nitrogen functional groups attached to an aromatic ring is 2. The summed E-state index contributed by atoms with van der Waals surface area (Å²) in [7, 11) is 0. The van der Waals surface area contributed by atoms with Crippen LogP contribution in [0.25, 0.3) is 0 Å². The van der Waals surface area contributed by atoms with Crippen LogP contribution in [-0.2, 0) is 16.6 Å². The van der Waals surface area contributed by atoms with E-state index in [2.05, 4.69) is 4.74 Å². The van der Waals surface area contributed by atoms with E-state index in [0.29, 0.717) is 0 Å². The molecule has 37 heavy (non-hydrogen) atoms. The summed E-state index contributed by atoms with van der Waals surface area (Å²) in [6, 6.07) is -0.329. The van der Waals surface area contributed by atoms with Gasteiger partial charge in [0.15, 0.2) is 0 Å². The molecule has 0 spiro atoms. The summed E-state index contributed by atoms with van der Waals surface area (Å²) in [6.45, 7) is 0. The number of hydrogen-bond donors (Lipinski definition) is 4. The Morgan fingerprint density at radius 3 is 1.08 bits per heavy atom. The fourth-order valence-electron chi connectivity index (χ4n) is 2.79. The molecular formula is C18H10Cl2F12N2O3. The summed E-state index contributed by atoms with van der Waals surface area (Å²) >= 11 is 10.5. The van der Waals surface area contributed by atoms with E-state index in [9.17, 15) is 54.1 Å². The molecule has 0 saturated carbocycles. The quantitative estimate of drug-likeness (QED) is 0.164. The molecular weight excluding hydrogens is 591 g/mol. The third-order valence-corrected chi connectivity index (χ3v) is 5.62. The summed E-state index contributed by atoms with van der Waals surface area (Å²) in [5.74, 6) is -29.8. The van der Waals surface area contributed by atoms with E-state index in [0.717, 1.165) is 0 Å². The Morgan fingerprint density at radius 1 is 0.568 bits per heavy atom. The third kappa shape index (κ3) is 4.50. The maximum absolute atomic E-state index is 15.1. The zero-order valence-electron chi connectivity index (χ0n) is 17.1. The summed E-state index contributed by atoms with van der Waals surface area (Å²) in [4.78, 5) is 0. The first kappa shape index (κ1) is 30.6. The van der Waals surface area contributed by atoms with E-state index >= 15 is 8.78 Å². The van der Waals surface area contributed by atoms with Gasteiger partial charge in [-0.2, -0.15) is 52.7 Å². The van der Waals surface area contributed by atoms with Gasteiger partial charge in [-0.05, 0) is 24.3 Å². The lowest BCUT2D eigenvalue weighted by Crippen LogP contribution is -2.66. The van der Waals surface area contributed by atoms with Gasteiger partial charge in [0, 0.05) is 11.1 Å². The van der Waals surface area contributed by atoms with Crippen molar-refractivity contribution in [2.75, 3.05) is 11.5 Å². The van der Waals surface area contributed by atoms with Crippen LogP contribution >= 0.6 is 23.2 Å². The van der Waals surface area contributed by atoms with Crippen LogP contribution in [0, 0.1) is 0 Å². The van der Waals surface area contributed by atoms with Crippen molar-refractivity contribution in [2.24, 2.45) is 0 Å². The summed E-state index contributed by atoms with van der Waals surface area (Å²) in [5.41, 5.74) is 2.56. The molecule has 2 unspecified atom stereocenters. The minimum atomic E-state index is -7.37. The number of rotatable bonds is 6. The SMILES string of the molecule is Nc1c(O)ccc(C(F)(F)C(F)(OC(F)(C(F)(F)F)C(F)(F)c2ccc(O)c(N)c2Cl)C(F)(F)F)c1Cl. The highest BCUT2D eigenvalue weighted by molar-refractivity contribution is 6.34. The van der Waals surface area contributed by atoms with Crippen LogP contribution in [0.5, 0.6) is 11.5 Å². The molecule has 0 aromatic heterocycles. The molecule has 5 nitrogen and oxygen atoms in total. The molecule has 19 heteroatoms. The summed E-state index contributed by atoms with van der Waals surface area (Å²) < 4.78 is 173. The summed E-state index contributed by atoms with van der Waals surface area (Å²) in [5, 5.41) is 15.1. The zero-order chi connectivity index (χ0) is 29.2. The van der Waals surface area contributed by atoms with Crippen molar-refractivity contribution in [1.82, 2.24) is 0 Å². The minimum absolute atomic E-state index is 0.0985. The monoisotopic (exact) mass is 600 g/mol. The van der Waals surface area contributed by atoms with Gasteiger partial charge < -0.3 is 21.7 Å². The lowest BCUT2D eigenvalue weighted by Gasteiger charge is -2.42. The maximum Gasteiger partial charge on any atom is 0.455 e.